The summed E-state index contributed by atoms with van der Waals surface area (Å²) in [6.45, 7) is 2.76. The first kappa shape index (κ1) is 13.4. The van der Waals surface area contributed by atoms with Crippen LogP contribution in [-0.4, -0.2) is 31.9 Å². The summed E-state index contributed by atoms with van der Waals surface area (Å²) < 4.78 is 5.05. The molecule has 0 bridgehead atoms. The minimum Gasteiger partial charge on any atom is -0.508 e. The highest BCUT2D eigenvalue weighted by atomic mass is 16.5. The standard InChI is InChI=1S/C15H23NO2/c1-18-10-9-16-12-15(7-2-8-15)11-13-3-5-14(17)6-4-13/h3-6,16-17H,2,7-12H2,1H3. The van der Waals surface area contributed by atoms with Gasteiger partial charge in [-0.3, -0.25) is 0 Å². The number of methoxy groups -OCH3 is 1. The number of nitrogens with one attached hydrogen (secondary N) is 1. The van der Waals surface area contributed by atoms with Gasteiger partial charge in [-0.25, -0.2) is 0 Å². The van der Waals surface area contributed by atoms with E-state index in [1.54, 1.807) is 19.2 Å². The highest BCUT2D eigenvalue weighted by Gasteiger charge is 2.36. The van der Waals surface area contributed by atoms with E-state index in [-0.39, 0.29) is 0 Å². The number of rotatable bonds is 7. The van der Waals surface area contributed by atoms with Gasteiger partial charge in [-0.15, -0.1) is 0 Å². The van der Waals surface area contributed by atoms with Crippen LogP contribution in [0.4, 0.5) is 0 Å². The van der Waals surface area contributed by atoms with Crippen LogP contribution in [0.15, 0.2) is 24.3 Å². The lowest BCUT2D eigenvalue weighted by Gasteiger charge is -2.42. The van der Waals surface area contributed by atoms with E-state index >= 15 is 0 Å². The smallest absolute Gasteiger partial charge is 0.115 e. The van der Waals surface area contributed by atoms with Crippen LogP contribution in [0.3, 0.4) is 0 Å². The molecule has 0 unspecified atom stereocenters. The van der Waals surface area contributed by atoms with Crippen LogP contribution in [0, 0.1) is 5.41 Å². The Bertz CT molecular complexity index is 357. The fraction of sp³-hybridized carbons (Fsp3) is 0.600. The summed E-state index contributed by atoms with van der Waals surface area (Å²) in [5.74, 6) is 0.347. The summed E-state index contributed by atoms with van der Waals surface area (Å²) >= 11 is 0. The summed E-state index contributed by atoms with van der Waals surface area (Å²) in [5.41, 5.74) is 1.74. The van der Waals surface area contributed by atoms with Gasteiger partial charge in [-0.2, -0.15) is 0 Å². The molecule has 0 radical (unpaired) electrons. The summed E-state index contributed by atoms with van der Waals surface area (Å²) in [6.07, 6.45) is 5.04. The summed E-state index contributed by atoms with van der Waals surface area (Å²) in [7, 11) is 1.73. The van der Waals surface area contributed by atoms with Crippen LogP contribution in [0.2, 0.25) is 0 Å². The first-order valence-corrected chi connectivity index (χ1v) is 6.72. The molecular weight excluding hydrogens is 226 g/mol. The van der Waals surface area contributed by atoms with Crippen LogP contribution >= 0.6 is 0 Å². The second-order valence-electron chi connectivity index (χ2n) is 5.37. The molecule has 0 spiro atoms. The van der Waals surface area contributed by atoms with Crippen molar-refractivity contribution in [3.8, 4) is 5.75 Å². The van der Waals surface area contributed by atoms with Gasteiger partial charge in [0.2, 0.25) is 0 Å². The number of hydrogen-bond donors (Lipinski definition) is 2. The Labute approximate surface area is 109 Å². The molecular formula is C15H23NO2. The number of ether oxygens (including phenoxy) is 1. The first-order chi connectivity index (χ1) is 8.74. The van der Waals surface area contributed by atoms with Crippen molar-refractivity contribution in [3.05, 3.63) is 29.8 Å². The van der Waals surface area contributed by atoms with E-state index in [1.807, 2.05) is 12.1 Å². The molecule has 1 fully saturated rings. The van der Waals surface area contributed by atoms with Gasteiger partial charge in [-0.1, -0.05) is 18.6 Å². The molecule has 2 N–H and O–H groups in total. The second kappa shape index (κ2) is 6.21. The molecule has 1 aromatic carbocycles. The highest BCUT2D eigenvalue weighted by Crippen LogP contribution is 2.43. The molecule has 1 aliphatic rings. The second-order valence-corrected chi connectivity index (χ2v) is 5.37. The molecule has 0 heterocycles. The van der Waals surface area contributed by atoms with Gasteiger partial charge < -0.3 is 15.2 Å². The van der Waals surface area contributed by atoms with E-state index in [0.29, 0.717) is 11.2 Å². The van der Waals surface area contributed by atoms with Gasteiger partial charge in [0.05, 0.1) is 6.61 Å². The topological polar surface area (TPSA) is 41.5 Å². The van der Waals surface area contributed by atoms with E-state index in [0.717, 1.165) is 26.1 Å². The van der Waals surface area contributed by atoms with Crippen molar-refractivity contribution in [2.45, 2.75) is 25.7 Å². The summed E-state index contributed by atoms with van der Waals surface area (Å²) in [4.78, 5) is 0. The largest absolute Gasteiger partial charge is 0.508 e. The Morgan fingerprint density at radius 2 is 2.00 bits per heavy atom. The predicted molar refractivity (Wildman–Crippen MR) is 72.8 cm³/mol. The average molecular weight is 249 g/mol. The highest BCUT2D eigenvalue weighted by molar-refractivity contribution is 5.27. The Kier molecular flexibility index (Phi) is 4.61. The molecule has 1 aliphatic carbocycles. The molecule has 3 nitrogen and oxygen atoms in total. The van der Waals surface area contributed by atoms with E-state index < -0.39 is 0 Å². The Morgan fingerprint density at radius 3 is 2.56 bits per heavy atom. The lowest BCUT2D eigenvalue weighted by Crippen LogP contribution is -2.42. The number of benzene rings is 1. The third-order valence-corrected chi connectivity index (χ3v) is 3.91. The van der Waals surface area contributed by atoms with Crippen molar-refractivity contribution in [1.82, 2.24) is 5.32 Å². The summed E-state index contributed by atoms with van der Waals surface area (Å²) in [6, 6.07) is 7.62. The fourth-order valence-corrected chi connectivity index (χ4v) is 2.67. The molecule has 1 saturated carbocycles. The molecule has 18 heavy (non-hydrogen) atoms. The van der Waals surface area contributed by atoms with Gasteiger partial charge >= 0.3 is 0 Å². The number of phenols is 1. The van der Waals surface area contributed by atoms with Crippen molar-refractivity contribution in [3.63, 3.8) is 0 Å². The zero-order valence-corrected chi connectivity index (χ0v) is 11.1. The van der Waals surface area contributed by atoms with Crippen molar-refractivity contribution in [2.75, 3.05) is 26.8 Å². The maximum Gasteiger partial charge on any atom is 0.115 e. The fourth-order valence-electron chi connectivity index (χ4n) is 2.67. The maximum absolute atomic E-state index is 9.30. The van der Waals surface area contributed by atoms with Crippen LogP contribution in [-0.2, 0) is 11.2 Å². The normalized spacial score (nSPS) is 17.4. The van der Waals surface area contributed by atoms with Crippen LogP contribution in [0.25, 0.3) is 0 Å². The van der Waals surface area contributed by atoms with E-state index in [2.05, 4.69) is 5.32 Å². The average Bonchev–Trinajstić information content (AvgIpc) is 2.34. The molecule has 0 atom stereocenters. The summed E-state index contributed by atoms with van der Waals surface area (Å²) in [5, 5.41) is 12.8. The molecule has 0 saturated heterocycles. The Balaban J connectivity index is 1.85. The Hall–Kier alpha value is -1.06. The first-order valence-electron chi connectivity index (χ1n) is 6.72. The number of hydrogen-bond acceptors (Lipinski definition) is 3. The minimum absolute atomic E-state index is 0.347. The zero-order chi connectivity index (χ0) is 12.8. The lowest BCUT2D eigenvalue weighted by atomic mass is 9.65. The zero-order valence-electron chi connectivity index (χ0n) is 11.1. The lowest BCUT2D eigenvalue weighted by molar-refractivity contribution is 0.123. The van der Waals surface area contributed by atoms with Crippen LogP contribution in [0.5, 0.6) is 5.75 Å². The molecule has 2 rings (SSSR count). The van der Waals surface area contributed by atoms with Crippen molar-refractivity contribution in [1.29, 1.82) is 0 Å². The third kappa shape index (κ3) is 3.47. The predicted octanol–water partition coefficient (Wildman–Crippen LogP) is 2.34. The van der Waals surface area contributed by atoms with Crippen molar-refractivity contribution in [2.24, 2.45) is 5.41 Å². The van der Waals surface area contributed by atoms with Gasteiger partial charge in [0, 0.05) is 20.2 Å². The molecule has 3 heteroatoms. The third-order valence-electron chi connectivity index (χ3n) is 3.91. The van der Waals surface area contributed by atoms with E-state index in [1.165, 1.54) is 24.8 Å². The number of aromatic hydroxyl groups is 1. The molecule has 100 valence electrons. The quantitative estimate of drug-likeness (QED) is 0.729. The van der Waals surface area contributed by atoms with Crippen molar-refractivity contribution >= 4 is 0 Å². The number of phenolic OH excluding ortho intramolecular Hbond substituents is 1. The van der Waals surface area contributed by atoms with E-state index in [9.17, 15) is 5.11 Å². The minimum atomic E-state index is 0.347. The van der Waals surface area contributed by atoms with Gasteiger partial charge in [0.25, 0.3) is 0 Å². The van der Waals surface area contributed by atoms with Crippen molar-refractivity contribution < 1.29 is 9.84 Å². The molecule has 1 aromatic rings. The van der Waals surface area contributed by atoms with Gasteiger partial charge in [0.15, 0.2) is 0 Å². The Morgan fingerprint density at radius 1 is 1.28 bits per heavy atom. The monoisotopic (exact) mass is 249 g/mol. The van der Waals surface area contributed by atoms with Crippen LogP contribution < -0.4 is 5.32 Å². The van der Waals surface area contributed by atoms with E-state index in [4.69, 9.17) is 4.74 Å². The van der Waals surface area contributed by atoms with Gasteiger partial charge in [-0.05, 0) is 42.4 Å². The maximum atomic E-state index is 9.30. The van der Waals surface area contributed by atoms with Gasteiger partial charge in [0.1, 0.15) is 5.75 Å². The molecule has 0 amide bonds. The molecule has 0 aromatic heterocycles. The van der Waals surface area contributed by atoms with Crippen LogP contribution in [0.1, 0.15) is 24.8 Å². The molecule has 0 aliphatic heterocycles. The SMILES string of the molecule is COCCNCC1(Cc2ccc(O)cc2)CCC1.